The number of nitrogens with one attached hydrogen (secondary N) is 1. The van der Waals surface area contributed by atoms with Crippen LogP contribution < -0.4 is 5.32 Å². The monoisotopic (exact) mass is 305 g/mol. The number of carboxylic acid groups (broad SMARTS) is 1. The Bertz CT molecular complexity index is 472. The van der Waals surface area contributed by atoms with E-state index in [0.29, 0.717) is 5.16 Å². The maximum Gasteiger partial charge on any atom is 0.329 e. The fraction of sp³-hybridized carbons (Fsp3) is 0.400. The largest absolute Gasteiger partial charge is 0.480 e. The fourth-order valence-electron chi connectivity index (χ4n) is 1.09. The molecule has 0 aliphatic carbocycles. The summed E-state index contributed by atoms with van der Waals surface area (Å²) in [6.07, 6.45) is 3.14. The Morgan fingerprint density at radius 2 is 2.32 bits per heavy atom. The SMILES string of the molecule is CSc1ncc(Cl)c(C(=O)NCCOCC(=O)O)n1. The summed E-state index contributed by atoms with van der Waals surface area (Å²) in [6, 6.07) is 0. The van der Waals surface area contributed by atoms with Crippen LogP contribution in [0.15, 0.2) is 11.4 Å². The molecule has 7 nitrogen and oxygen atoms in total. The van der Waals surface area contributed by atoms with Gasteiger partial charge in [-0.25, -0.2) is 14.8 Å². The number of thioether (sulfide) groups is 1. The first kappa shape index (κ1) is 15.7. The lowest BCUT2D eigenvalue weighted by Crippen LogP contribution is -2.29. The third-order valence-electron chi connectivity index (χ3n) is 1.88. The predicted molar refractivity (Wildman–Crippen MR) is 69.6 cm³/mol. The van der Waals surface area contributed by atoms with E-state index < -0.39 is 18.5 Å². The van der Waals surface area contributed by atoms with E-state index in [-0.39, 0.29) is 23.9 Å². The van der Waals surface area contributed by atoms with Gasteiger partial charge in [0.25, 0.3) is 5.91 Å². The molecule has 0 bridgehead atoms. The molecule has 0 saturated carbocycles. The molecule has 2 N–H and O–H groups in total. The summed E-state index contributed by atoms with van der Waals surface area (Å²) in [6.45, 7) is -0.141. The summed E-state index contributed by atoms with van der Waals surface area (Å²) >= 11 is 7.12. The molecule has 0 unspecified atom stereocenters. The number of rotatable bonds is 7. The Balaban J connectivity index is 2.47. The Hall–Kier alpha value is -1.38. The molecule has 0 aromatic carbocycles. The van der Waals surface area contributed by atoms with Crippen molar-refractivity contribution >= 4 is 35.2 Å². The molecule has 1 amide bonds. The van der Waals surface area contributed by atoms with Crippen LogP contribution in [0.4, 0.5) is 0 Å². The molecule has 0 fully saturated rings. The summed E-state index contributed by atoms with van der Waals surface area (Å²) in [5.74, 6) is -1.52. The van der Waals surface area contributed by atoms with Gasteiger partial charge >= 0.3 is 5.97 Å². The van der Waals surface area contributed by atoms with Gasteiger partial charge in [-0.2, -0.15) is 0 Å². The first-order valence-corrected chi connectivity index (χ1v) is 6.79. The molecule has 104 valence electrons. The molecule has 19 heavy (non-hydrogen) atoms. The fourth-order valence-corrected chi connectivity index (χ4v) is 1.61. The average molecular weight is 306 g/mol. The molecule has 0 aliphatic rings. The van der Waals surface area contributed by atoms with E-state index in [9.17, 15) is 9.59 Å². The van der Waals surface area contributed by atoms with Crippen molar-refractivity contribution in [1.29, 1.82) is 0 Å². The Labute approximate surface area is 118 Å². The molecule has 0 spiro atoms. The van der Waals surface area contributed by atoms with Gasteiger partial charge in [-0.05, 0) is 6.26 Å². The van der Waals surface area contributed by atoms with Crippen LogP contribution in [0.5, 0.6) is 0 Å². The van der Waals surface area contributed by atoms with E-state index in [1.54, 1.807) is 6.26 Å². The molecule has 1 aromatic heterocycles. The maximum atomic E-state index is 11.8. The number of halogens is 1. The molecular formula is C10H12ClN3O4S. The lowest BCUT2D eigenvalue weighted by molar-refractivity contribution is -0.142. The summed E-state index contributed by atoms with van der Waals surface area (Å²) in [5, 5.41) is 11.5. The van der Waals surface area contributed by atoms with Gasteiger partial charge in [0.1, 0.15) is 6.61 Å². The third-order valence-corrected chi connectivity index (χ3v) is 2.72. The van der Waals surface area contributed by atoms with Crippen molar-refractivity contribution in [3.63, 3.8) is 0 Å². The second-order valence-electron chi connectivity index (χ2n) is 3.26. The van der Waals surface area contributed by atoms with Gasteiger partial charge in [-0.15, -0.1) is 0 Å². The number of carbonyl (C=O) groups excluding carboxylic acids is 1. The molecule has 1 aromatic rings. The predicted octanol–water partition coefficient (Wildman–Crippen LogP) is 0.683. The molecule has 1 heterocycles. The highest BCUT2D eigenvalue weighted by Gasteiger charge is 2.13. The first-order chi connectivity index (χ1) is 9.04. The molecule has 9 heteroatoms. The molecule has 0 aliphatic heterocycles. The van der Waals surface area contributed by atoms with Crippen molar-refractivity contribution in [3.8, 4) is 0 Å². The standard InChI is InChI=1S/C10H12ClN3O4S/c1-19-10-13-4-6(11)8(14-10)9(17)12-2-3-18-5-7(15)16/h4H,2-3,5H2,1H3,(H,12,17)(H,15,16). The molecule has 0 atom stereocenters. The number of amides is 1. The van der Waals surface area contributed by atoms with Gasteiger partial charge in [0.15, 0.2) is 10.9 Å². The van der Waals surface area contributed by atoms with Crippen molar-refractivity contribution in [3.05, 3.63) is 16.9 Å². The van der Waals surface area contributed by atoms with E-state index in [2.05, 4.69) is 15.3 Å². The van der Waals surface area contributed by atoms with Crippen molar-refractivity contribution < 1.29 is 19.4 Å². The average Bonchev–Trinajstić information content (AvgIpc) is 2.38. The minimum absolute atomic E-state index is 0.0826. The van der Waals surface area contributed by atoms with Crippen LogP contribution in [0.3, 0.4) is 0 Å². The van der Waals surface area contributed by atoms with Gasteiger partial charge in [-0.3, -0.25) is 4.79 Å². The van der Waals surface area contributed by atoms with Gasteiger partial charge in [0, 0.05) is 6.54 Å². The first-order valence-electron chi connectivity index (χ1n) is 5.19. The number of hydrogen-bond acceptors (Lipinski definition) is 6. The zero-order valence-corrected chi connectivity index (χ0v) is 11.6. The van der Waals surface area contributed by atoms with Crippen LogP contribution in [0.25, 0.3) is 0 Å². The lowest BCUT2D eigenvalue weighted by atomic mass is 10.4. The van der Waals surface area contributed by atoms with Crippen molar-refractivity contribution in [2.24, 2.45) is 0 Å². The number of aromatic nitrogens is 2. The van der Waals surface area contributed by atoms with E-state index in [1.165, 1.54) is 18.0 Å². The normalized spacial score (nSPS) is 10.2. The Morgan fingerprint density at radius 3 is 2.95 bits per heavy atom. The minimum atomic E-state index is -1.06. The van der Waals surface area contributed by atoms with E-state index in [0.717, 1.165) is 0 Å². The Kier molecular flexibility index (Phi) is 6.54. The second-order valence-corrected chi connectivity index (χ2v) is 4.44. The quantitative estimate of drug-likeness (QED) is 0.434. The molecule has 0 radical (unpaired) electrons. The van der Waals surface area contributed by atoms with Gasteiger partial charge in [-0.1, -0.05) is 23.4 Å². The summed E-state index contributed by atoms with van der Waals surface area (Å²) in [4.78, 5) is 29.9. The summed E-state index contributed by atoms with van der Waals surface area (Å²) < 4.78 is 4.77. The van der Waals surface area contributed by atoms with Crippen molar-refractivity contribution in [2.75, 3.05) is 26.0 Å². The van der Waals surface area contributed by atoms with Crippen molar-refractivity contribution in [2.45, 2.75) is 5.16 Å². The minimum Gasteiger partial charge on any atom is -0.480 e. The van der Waals surface area contributed by atoms with E-state index in [1.807, 2.05) is 0 Å². The number of aliphatic carboxylic acids is 1. The molecular weight excluding hydrogens is 294 g/mol. The highest BCUT2D eigenvalue weighted by atomic mass is 35.5. The number of nitrogens with zero attached hydrogens (tertiary/aromatic N) is 2. The number of carbonyl (C=O) groups is 2. The highest BCUT2D eigenvalue weighted by Crippen LogP contribution is 2.16. The number of ether oxygens (including phenoxy) is 1. The summed E-state index contributed by atoms with van der Waals surface area (Å²) in [7, 11) is 0. The topological polar surface area (TPSA) is 101 Å². The highest BCUT2D eigenvalue weighted by molar-refractivity contribution is 7.98. The van der Waals surface area contributed by atoms with E-state index >= 15 is 0 Å². The third kappa shape index (κ3) is 5.41. The molecule has 0 saturated heterocycles. The van der Waals surface area contributed by atoms with Crippen LogP contribution >= 0.6 is 23.4 Å². The van der Waals surface area contributed by atoms with Gasteiger partial charge < -0.3 is 15.2 Å². The van der Waals surface area contributed by atoms with Crippen LogP contribution in [-0.2, 0) is 9.53 Å². The van der Waals surface area contributed by atoms with Crippen LogP contribution in [-0.4, -0.2) is 53.0 Å². The number of hydrogen-bond donors (Lipinski definition) is 2. The summed E-state index contributed by atoms with van der Waals surface area (Å²) in [5.41, 5.74) is 0.0826. The van der Waals surface area contributed by atoms with Crippen LogP contribution in [0.2, 0.25) is 5.02 Å². The van der Waals surface area contributed by atoms with Gasteiger partial charge in [0.05, 0.1) is 17.8 Å². The van der Waals surface area contributed by atoms with Gasteiger partial charge in [0.2, 0.25) is 0 Å². The van der Waals surface area contributed by atoms with E-state index in [4.69, 9.17) is 21.4 Å². The smallest absolute Gasteiger partial charge is 0.329 e. The lowest BCUT2D eigenvalue weighted by Gasteiger charge is -2.06. The zero-order chi connectivity index (χ0) is 14.3. The van der Waals surface area contributed by atoms with Crippen molar-refractivity contribution in [1.82, 2.24) is 15.3 Å². The number of carboxylic acids is 1. The Morgan fingerprint density at radius 1 is 1.58 bits per heavy atom. The van der Waals surface area contributed by atoms with Crippen LogP contribution in [0.1, 0.15) is 10.5 Å². The maximum absolute atomic E-state index is 11.8. The second kappa shape index (κ2) is 7.93. The van der Waals surface area contributed by atoms with Crippen LogP contribution in [0, 0.1) is 0 Å². The zero-order valence-electron chi connectivity index (χ0n) is 10.1. The molecule has 1 rings (SSSR count).